The van der Waals surface area contributed by atoms with Gasteiger partial charge in [-0.05, 0) is 31.0 Å². The quantitative estimate of drug-likeness (QED) is 0.681. The lowest BCUT2D eigenvalue weighted by Gasteiger charge is -2.15. The molecule has 4 heteroatoms. The Morgan fingerprint density at radius 2 is 1.75 bits per heavy atom. The number of hydrogen-bond acceptors (Lipinski definition) is 4. The standard InChI is InChI=1S/C16H27NO3/c1-5-6-7-8-12(2)17-11-13-9-14(19-3)16(18)15(10-13)20-4/h9-10,12,17-18H,5-8,11H2,1-4H3. The van der Waals surface area contributed by atoms with E-state index in [4.69, 9.17) is 9.47 Å². The molecule has 20 heavy (non-hydrogen) atoms. The van der Waals surface area contributed by atoms with Gasteiger partial charge in [0.1, 0.15) is 0 Å². The van der Waals surface area contributed by atoms with Crippen molar-refractivity contribution in [2.75, 3.05) is 14.2 Å². The van der Waals surface area contributed by atoms with Gasteiger partial charge in [0.05, 0.1) is 14.2 Å². The predicted molar refractivity (Wildman–Crippen MR) is 81.7 cm³/mol. The number of ether oxygens (including phenoxy) is 2. The van der Waals surface area contributed by atoms with Crippen molar-refractivity contribution in [2.24, 2.45) is 0 Å². The van der Waals surface area contributed by atoms with Gasteiger partial charge in [-0.15, -0.1) is 0 Å². The number of methoxy groups -OCH3 is 2. The summed E-state index contributed by atoms with van der Waals surface area (Å²) in [6.07, 6.45) is 4.97. The number of rotatable bonds is 9. The van der Waals surface area contributed by atoms with Crippen LogP contribution in [0, 0.1) is 0 Å². The first-order valence-electron chi connectivity index (χ1n) is 7.29. The van der Waals surface area contributed by atoms with E-state index in [9.17, 15) is 5.11 Å². The highest BCUT2D eigenvalue weighted by Crippen LogP contribution is 2.37. The fourth-order valence-corrected chi connectivity index (χ4v) is 2.14. The van der Waals surface area contributed by atoms with Crippen molar-refractivity contribution in [3.63, 3.8) is 0 Å². The number of nitrogens with one attached hydrogen (secondary N) is 1. The van der Waals surface area contributed by atoms with E-state index < -0.39 is 0 Å². The molecule has 4 nitrogen and oxygen atoms in total. The Kier molecular flexibility index (Phi) is 7.23. The highest BCUT2D eigenvalue weighted by atomic mass is 16.5. The zero-order valence-electron chi connectivity index (χ0n) is 13.0. The Bertz CT molecular complexity index is 382. The molecular formula is C16H27NO3. The van der Waals surface area contributed by atoms with Crippen LogP contribution in [-0.4, -0.2) is 25.4 Å². The van der Waals surface area contributed by atoms with Crippen LogP contribution in [0.4, 0.5) is 0 Å². The highest BCUT2D eigenvalue weighted by Gasteiger charge is 2.11. The van der Waals surface area contributed by atoms with Gasteiger partial charge in [0.2, 0.25) is 5.75 Å². The molecular weight excluding hydrogens is 254 g/mol. The minimum atomic E-state index is 0.0507. The van der Waals surface area contributed by atoms with Gasteiger partial charge in [0.15, 0.2) is 11.5 Å². The van der Waals surface area contributed by atoms with Crippen LogP contribution in [0.5, 0.6) is 17.2 Å². The lowest BCUT2D eigenvalue weighted by Crippen LogP contribution is -2.25. The summed E-state index contributed by atoms with van der Waals surface area (Å²) in [4.78, 5) is 0. The van der Waals surface area contributed by atoms with Crippen molar-refractivity contribution in [1.29, 1.82) is 0 Å². The Balaban J connectivity index is 2.59. The molecule has 2 N–H and O–H groups in total. The van der Waals surface area contributed by atoms with Crippen molar-refractivity contribution in [3.8, 4) is 17.2 Å². The fraction of sp³-hybridized carbons (Fsp3) is 0.625. The van der Waals surface area contributed by atoms with Crippen LogP contribution in [-0.2, 0) is 6.54 Å². The molecule has 0 heterocycles. The molecule has 0 saturated carbocycles. The molecule has 0 aliphatic rings. The topological polar surface area (TPSA) is 50.7 Å². The average Bonchev–Trinajstić information content (AvgIpc) is 2.46. The Labute approximate surface area is 122 Å². The molecule has 1 rings (SSSR count). The maximum Gasteiger partial charge on any atom is 0.200 e. The molecule has 1 aromatic rings. The van der Waals surface area contributed by atoms with E-state index in [2.05, 4.69) is 19.2 Å². The highest BCUT2D eigenvalue weighted by molar-refractivity contribution is 5.52. The van der Waals surface area contributed by atoms with Crippen LogP contribution in [0.25, 0.3) is 0 Å². The van der Waals surface area contributed by atoms with Crippen molar-refractivity contribution in [3.05, 3.63) is 17.7 Å². The van der Waals surface area contributed by atoms with Gasteiger partial charge in [0.25, 0.3) is 0 Å². The molecule has 114 valence electrons. The molecule has 0 fully saturated rings. The van der Waals surface area contributed by atoms with Crippen LogP contribution in [0.1, 0.15) is 45.1 Å². The maximum atomic E-state index is 9.86. The van der Waals surface area contributed by atoms with Gasteiger partial charge in [-0.1, -0.05) is 26.2 Å². The molecule has 0 amide bonds. The van der Waals surface area contributed by atoms with E-state index in [1.165, 1.54) is 25.7 Å². The molecule has 0 aliphatic heterocycles. The summed E-state index contributed by atoms with van der Waals surface area (Å²) in [6, 6.07) is 4.15. The number of phenolic OH excluding ortho intramolecular Hbond substituents is 1. The third-order valence-electron chi connectivity index (χ3n) is 3.43. The Morgan fingerprint density at radius 1 is 1.15 bits per heavy atom. The third-order valence-corrected chi connectivity index (χ3v) is 3.43. The van der Waals surface area contributed by atoms with E-state index in [1.54, 1.807) is 14.2 Å². The van der Waals surface area contributed by atoms with E-state index in [0.717, 1.165) is 12.1 Å². The molecule has 0 saturated heterocycles. The summed E-state index contributed by atoms with van der Waals surface area (Å²) in [5.41, 5.74) is 1.04. The second-order valence-electron chi connectivity index (χ2n) is 5.13. The van der Waals surface area contributed by atoms with Crippen molar-refractivity contribution >= 4 is 0 Å². The van der Waals surface area contributed by atoms with Gasteiger partial charge in [-0.2, -0.15) is 0 Å². The molecule has 1 unspecified atom stereocenters. The summed E-state index contributed by atoms with van der Waals surface area (Å²) in [5, 5.41) is 13.4. The summed E-state index contributed by atoms with van der Waals surface area (Å²) < 4.78 is 10.3. The Hall–Kier alpha value is -1.42. The first-order valence-corrected chi connectivity index (χ1v) is 7.29. The van der Waals surface area contributed by atoms with Crippen LogP contribution in [0.15, 0.2) is 12.1 Å². The summed E-state index contributed by atoms with van der Waals surface area (Å²) in [7, 11) is 3.08. The number of benzene rings is 1. The zero-order chi connectivity index (χ0) is 15.0. The van der Waals surface area contributed by atoms with E-state index in [0.29, 0.717) is 17.5 Å². The first kappa shape index (κ1) is 16.6. The maximum absolute atomic E-state index is 9.86. The molecule has 0 radical (unpaired) electrons. The van der Waals surface area contributed by atoms with Crippen LogP contribution < -0.4 is 14.8 Å². The van der Waals surface area contributed by atoms with Gasteiger partial charge >= 0.3 is 0 Å². The van der Waals surface area contributed by atoms with Gasteiger partial charge < -0.3 is 19.9 Å². The number of aromatic hydroxyl groups is 1. The summed E-state index contributed by atoms with van der Waals surface area (Å²) in [5.74, 6) is 0.939. The van der Waals surface area contributed by atoms with Crippen LogP contribution in [0.3, 0.4) is 0 Å². The molecule has 0 bridgehead atoms. The monoisotopic (exact) mass is 281 g/mol. The minimum absolute atomic E-state index is 0.0507. The SMILES string of the molecule is CCCCCC(C)NCc1cc(OC)c(O)c(OC)c1. The van der Waals surface area contributed by atoms with Crippen LogP contribution >= 0.6 is 0 Å². The summed E-state index contributed by atoms with van der Waals surface area (Å²) >= 11 is 0. The molecule has 0 spiro atoms. The van der Waals surface area contributed by atoms with Gasteiger partial charge in [0, 0.05) is 12.6 Å². The van der Waals surface area contributed by atoms with Gasteiger partial charge in [-0.3, -0.25) is 0 Å². The average molecular weight is 281 g/mol. The smallest absolute Gasteiger partial charge is 0.200 e. The third kappa shape index (κ3) is 4.93. The van der Waals surface area contributed by atoms with E-state index in [-0.39, 0.29) is 5.75 Å². The molecule has 1 aromatic carbocycles. The van der Waals surface area contributed by atoms with Crippen molar-refractivity contribution < 1.29 is 14.6 Å². The molecule has 0 aliphatic carbocycles. The second kappa shape index (κ2) is 8.69. The van der Waals surface area contributed by atoms with Crippen LogP contribution in [0.2, 0.25) is 0 Å². The normalized spacial score (nSPS) is 12.2. The van der Waals surface area contributed by atoms with E-state index in [1.807, 2.05) is 12.1 Å². The number of phenols is 1. The largest absolute Gasteiger partial charge is 0.502 e. The molecule has 1 atom stereocenters. The first-order chi connectivity index (χ1) is 9.62. The van der Waals surface area contributed by atoms with E-state index >= 15 is 0 Å². The van der Waals surface area contributed by atoms with Gasteiger partial charge in [-0.25, -0.2) is 0 Å². The summed E-state index contributed by atoms with van der Waals surface area (Å²) in [6.45, 7) is 5.15. The predicted octanol–water partition coefficient (Wildman–Crippen LogP) is 3.47. The zero-order valence-corrected chi connectivity index (χ0v) is 13.0. The number of hydrogen-bond donors (Lipinski definition) is 2. The van der Waals surface area contributed by atoms with Crippen molar-refractivity contribution in [2.45, 2.75) is 52.1 Å². The Morgan fingerprint density at radius 3 is 2.25 bits per heavy atom. The number of unbranched alkanes of at least 4 members (excludes halogenated alkanes) is 2. The van der Waals surface area contributed by atoms with Crippen molar-refractivity contribution in [1.82, 2.24) is 5.32 Å². The lowest BCUT2D eigenvalue weighted by atomic mass is 10.1. The lowest BCUT2D eigenvalue weighted by molar-refractivity contribution is 0.338. The fourth-order valence-electron chi connectivity index (χ4n) is 2.14. The molecule has 0 aromatic heterocycles. The minimum Gasteiger partial charge on any atom is -0.502 e. The second-order valence-corrected chi connectivity index (χ2v) is 5.13.